The van der Waals surface area contributed by atoms with Gasteiger partial charge < -0.3 is 15.0 Å². The van der Waals surface area contributed by atoms with Crippen LogP contribution < -0.4 is 5.32 Å². The molecule has 1 aliphatic heterocycles. The Kier molecular flexibility index (Phi) is 6.41. The summed E-state index contributed by atoms with van der Waals surface area (Å²) in [5.41, 5.74) is 1.17. The number of rotatable bonds is 8. The fraction of sp³-hybridized carbons (Fsp3) is 0.421. The zero-order valence-electron chi connectivity index (χ0n) is 13.9. The van der Waals surface area contributed by atoms with Gasteiger partial charge in [0.15, 0.2) is 6.54 Å². The lowest BCUT2D eigenvalue weighted by molar-refractivity contribution is -0.650. The van der Waals surface area contributed by atoms with Gasteiger partial charge in [0.1, 0.15) is 12.6 Å². The molecule has 1 saturated heterocycles. The average Bonchev–Trinajstić information content (AvgIpc) is 3.29. The van der Waals surface area contributed by atoms with E-state index in [0.717, 1.165) is 26.0 Å². The Balaban J connectivity index is 1.56. The third-order valence-electron chi connectivity index (χ3n) is 4.27. The summed E-state index contributed by atoms with van der Waals surface area (Å²) in [7, 11) is 0. The number of nitrogens with zero attached hydrogens (tertiary/aromatic N) is 1. The molecular formula is C19H25N2O2S+. The normalized spacial score (nSPS) is 17.1. The number of hydrogen-bond acceptors (Lipinski definition) is 3. The fourth-order valence-corrected chi connectivity index (χ4v) is 3.70. The van der Waals surface area contributed by atoms with Gasteiger partial charge in [-0.25, -0.2) is 0 Å². The Hall–Kier alpha value is -1.69. The van der Waals surface area contributed by atoms with E-state index in [-0.39, 0.29) is 5.91 Å². The van der Waals surface area contributed by atoms with E-state index < -0.39 is 0 Å². The number of thiophene rings is 1. The second-order valence-corrected chi connectivity index (χ2v) is 7.21. The molecule has 2 heterocycles. The maximum Gasteiger partial charge on any atom is 0.278 e. The highest BCUT2D eigenvalue weighted by Gasteiger charge is 2.20. The van der Waals surface area contributed by atoms with Crippen molar-refractivity contribution in [2.24, 2.45) is 0 Å². The van der Waals surface area contributed by atoms with E-state index in [1.165, 1.54) is 10.4 Å². The summed E-state index contributed by atoms with van der Waals surface area (Å²) >= 11 is 1.70. The first-order valence-corrected chi connectivity index (χ1v) is 9.46. The van der Waals surface area contributed by atoms with Crippen molar-refractivity contribution in [1.29, 1.82) is 0 Å². The Labute approximate surface area is 147 Å². The number of nitrogens with two attached hydrogens (primary N) is 1. The average molecular weight is 345 g/mol. The maximum absolute atomic E-state index is 12.7. The van der Waals surface area contributed by atoms with Crippen molar-refractivity contribution in [3.63, 3.8) is 0 Å². The van der Waals surface area contributed by atoms with Crippen molar-refractivity contribution in [2.45, 2.75) is 32.0 Å². The van der Waals surface area contributed by atoms with Crippen LogP contribution in [0, 0.1) is 0 Å². The minimum Gasteiger partial charge on any atom is -0.372 e. The van der Waals surface area contributed by atoms with Crippen LogP contribution >= 0.6 is 11.3 Å². The lowest BCUT2D eigenvalue weighted by atomic mass is 10.2. The molecule has 128 valence electrons. The standard InChI is InChI=1S/C19H24N2O2S/c22-19(13-20-12-17-8-4-10-23-17)21(15-18-9-5-11-24-18)14-16-6-2-1-3-7-16/h1-3,5-7,9,11,17,20H,4,8,10,12-15H2/p+1/t17-/m1/s1. The van der Waals surface area contributed by atoms with Crippen LogP contribution in [0.3, 0.4) is 0 Å². The van der Waals surface area contributed by atoms with Gasteiger partial charge >= 0.3 is 0 Å². The summed E-state index contributed by atoms with van der Waals surface area (Å²) < 4.78 is 5.62. The summed E-state index contributed by atoms with van der Waals surface area (Å²) in [5, 5.41) is 4.15. The smallest absolute Gasteiger partial charge is 0.278 e. The number of hydrogen-bond donors (Lipinski definition) is 1. The molecule has 1 aromatic heterocycles. The molecule has 2 aromatic rings. The summed E-state index contributed by atoms with van der Waals surface area (Å²) in [6.45, 7) is 3.57. The molecule has 1 aromatic carbocycles. The van der Waals surface area contributed by atoms with Gasteiger partial charge in [-0.15, -0.1) is 11.3 Å². The van der Waals surface area contributed by atoms with Crippen LogP contribution in [0.15, 0.2) is 47.8 Å². The topological polar surface area (TPSA) is 46.1 Å². The Bertz CT molecular complexity index is 610. The Morgan fingerprint density at radius 3 is 2.79 bits per heavy atom. The quantitative estimate of drug-likeness (QED) is 0.796. The number of carbonyl (C=O) groups is 1. The molecule has 1 aliphatic rings. The number of benzene rings is 1. The zero-order chi connectivity index (χ0) is 16.6. The third kappa shape index (κ3) is 5.16. The summed E-state index contributed by atoms with van der Waals surface area (Å²) in [4.78, 5) is 15.9. The molecule has 3 rings (SSSR count). The van der Waals surface area contributed by atoms with Crippen molar-refractivity contribution < 1.29 is 14.8 Å². The van der Waals surface area contributed by atoms with Crippen molar-refractivity contribution in [3.8, 4) is 0 Å². The molecule has 0 unspecified atom stereocenters. The van der Waals surface area contributed by atoms with E-state index in [1.54, 1.807) is 11.3 Å². The van der Waals surface area contributed by atoms with E-state index >= 15 is 0 Å². The Morgan fingerprint density at radius 1 is 1.21 bits per heavy atom. The molecule has 0 aliphatic carbocycles. The van der Waals surface area contributed by atoms with E-state index in [4.69, 9.17) is 4.74 Å². The van der Waals surface area contributed by atoms with E-state index in [1.807, 2.05) is 29.2 Å². The number of quaternary nitrogens is 1. The van der Waals surface area contributed by atoms with Gasteiger partial charge in [-0.1, -0.05) is 36.4 Å². The SMILES string of the molecule is O=C(C[NH2+]C[C@H]1CCCO1)N(Cc1ccccc1)Cc1cccs1. The minimum atomic E-state index is 0.185. The monoisotopic (exact) mass is 345 g/mol. The molecule has 2 N–H and O–H groups in total. The highest BCUT2D eigenvalue weighted by molar-refractivity contribution is 7.09. The van der Waals surface area contributed by atoms with Crippen LogP contribution in [0.4, 0.5) is 0 Å². The first-order valence-electron chi connectivity index (χ1n) is 8.58. The first-order chi connectivity index (χ1) is 11.8. The lowest BCUT2D eigenvalue weighted by Crippen LogP contribution is -2.88. The van der Waals surface area contributed by atoms with Crippen LogP contribution in [0.5, 0.6) is 0 Å². The molecule has 0 radical (unpaired) electrons. The van der Waals surface area contributed by atoms with Gasteiger partial charge in [0, 0.05) is 18.0 Å². The predicted molar refractivity (Wildman–Crippen MR) is 95.6 cm³/mol. The molecule has 1 amide bonds. The fourth-order valence-electron chi connectivity index (χ4n) is 2.98. The molecule has 24 heavy (non-hydrogen) atoms. The highest BCUT2D eigenvalue weighted by atomic mass is 32.1. The van der Waals surface area contributed by atoms with Crippen LogP contribution in [-0.4, -0.2) is 36.6 Å². The van der Waals surface area contributed by atoms with Gasteiger partial charge in [-0.05, 0) is 29.9 Å². The number of amides is 1. The van der Waals surface area contributed by atoms with Crippen LogP contribution in [-0.2, 0) is 22.6 Å². The van der Waals surface area contributed by atoms with E-state index in [9.17, 15) is 4.79 Å². The predicted octanol–water partition coefficient (Wildman–Crippen LogP) is 2.02. The molecule has 4 nitrogen and oxygen atoms in total. The van der Waals surface area contributed by atoms with Crippen LogP contribution in [0.25, 0.3) is 0 Å². The van der Waals surface area contributed by atoms with Gasteiger partial charge in [0.2, 0.25) is 0 Å². The summed E-state index contributed by atoms with van der Waals surface area (Å²) in [6, 6.07) is 14.3. The molecule has 0 saturated carbocycles. The summed E-state index contributed by atoms with van der Waals surface area (Å²) in [6.07, 6.45) is 2.58. The van der Waals surface area contributed by atoms with Crippen LogP contribution in [0.1, 0.15) is 23.3 Å². The van der Waals surface area contributed by atoms with Gasteiger partial charge in [-0.2, -0.15) is 0 Å². The molecule has 0 bridgehead atoms. The summed E-state index contributed by atoms with van der Waals surface area (Å²) in [5.74, 6) is 0.185. The van der Waals surface area contributed by atoms with E-state index in [2.05, 4.69) is 28.9 Å². The van der Waals surface area contributed by atoms with Crippen molar-refractivity contribution in [2.75, 3.05) is 19.7 Å². The second kappa shape index (κ2) is 8.97. The van der Waals surface area contributed by atoms with Gasteiger partial charge in [0.25, 0.3) is 5.91 Å². The van der Waals surface area contributed by atoms with Crippen LogP contribution in [0.2, 0.25) is 0 Å². The van der Waals surface area contributed by atoms with Gasteiger partial charge in [0.05, 0.1) is 6.54 Å². The second-order valence-electron chi connectivity index (χ2n) is 6.18. The minimum absolute atomic E-state index is 0.185. The molecule has 1 fully saturated rings. The highest BCUT2D eigenvalue weighted by Crippen LogP contribution is 2.14. The Morgan fingerprint density at radius 2 is 2.08 bits per heavy atom. The molecule has 0 spiro atoms. The molecule has 5 heteroatoms. The van der Waals surface area contributed by atoms with Gasteiger partial charge in [-0.3, -0.25) is 4.79 Å². The van der Waals surface area contributed by atoms with Crippen molar-refractivity contribution >= 4 is 17.2 Å². The number of ether oxygens (including phenoxy) is 1. The zero-order valence-corrected chi connectivity index (χ0v) is 14.7. The molecular weight excluding hydrogens is 320 g/mol. The molecule has 1 atom stereocenters. The van der Waals surface area contributed by atoms with E-state index in [0.29, 0.717) is 25.7 Å². The number of carbonyl (C=O) groups excluding carboxylic acids is 1. The lowest BCUT2D eigenvalue weighted by Gasteiger charge is -2.22. The van der Waals surface area contributed by atoms with Crippen molar-refractivity contribution in [3.05, 3.63) is 58.3 Å². The first kappa shape index (κ1) is 17.1. The van der Waals surface area contributed by atoms with Crippen molar-refractivity contribution in [1.82, 2.24) is 4.90 Å². The third-order valence-corrected chi connectivity index (χ3v) is 5.13. The maximum atomic E-state index is 12.7. The largest absolute Gasteiger partial charge is 0.372 e.